The number of likely N-dealkylation sites (tertiary alicyclic amines) is 1. The second kappa shape index (κ2) is 11.6. The summed E-state index contributed by atoms with van der Waals surface area (Å²) < 4.78 is 37.8. The van der Waals surface area contributed by atoms with E-state index in [0.29, 0.717) is 18.9 Å². The van der Waals surface area contributed by atoms with Gasteiger partial charge in [0.05, 0.1) is 12.6 Å². The number of alkyl halides is 3. The molecule has 2 rings (SSSR count). The third kappa shape index (κ3) is 9.20. The van der Waals surface area contributed by atoms with E-state index in [1.165, 1.54) is 9.80 Å². The van der Waals surface area contributed by atoms with E-state index in [9.17, 15) is 18.0 Å². The summed E-state index contributed by atoms with van der Waals surface area (Å²) in [5.74, 6) is 0.268. The highest BCUT2D eigenvalue weighted by molar-refractivity contribution is 14.0. The minimum Gasteiger partial charge on any atom is -0.352 e. The summed E-state index contributed by atoms with van der Waals surface area (Å²) in [5, 5.41) is 6.43. The molecule has 0 bridgehead atoms. The number of hydrogen-bond donors (Lipinski definition) is 2. The van der Waals surface area contributed by atoms with Gasteiger partial charge in [-0.1, -0.05) is 30.3 Å². The number of halogens is 4. The lowest BCUT2D eigenvalue weighted by atomic mass is 10.1. The zero-order chi connectivity index (χ0) is 20.7. The van der Waals surface area contributed by atoms with Crippen molar-refractivity contribution in [3.63, 3.8) is 0 Å². The van der Waals surface area contributed by atoms with Gasteiger partial charge in [-0.15, -0.1) is 24.0 Å². The quantitative estimate of drug-likeness (QED) is 0.340. The Morgan fingerprint density at radius 2 is 1.97 bits per heavy atom. The number of nitrogens with one attached hydrogen (secondary N) is 2. The van der Waals surface area contributed by atoms with Crippen molar-refractivity contribution in [2.24, 2.45) is 4.99 Å². The molecule has 10 heteroatoms. The highest BCUT2D eigenvalue weighted by atomic mass is 127. The number of aliphatic imine (C=N–C) groups is 1. The monoisotopic (exact) mass is 527 g/mol. The minimum atomic E-state index is -4.20. The number of hydrogen-bond acceptors (Lipinski definition) is 3. The fourth-order valence-electron chi connectivity index (χ4n) is 2.99. The maximum Gasteiger partial charge on any atom is 0.401 e. The van der Waals surface area contributed by atoms with Gasteiger partial charge in [0, 0.05) is 33.2 Å². The Bertz CT molecular complexity index is 670. The van der Waals surface area contributed by atoms with Gasteiger partial charge in [0.1, 0.15) is 6.54 Å². The van der Waals surface area contributed by atoms with Crippen LogP contribution in [0.4, 0.5) is 13.2 Å². The van der Waals surface area contributed by atoms with Gasteiger partial charge in [-0.2, -0.15) is 13.2 Å². The number of guanidine groups is 1. The fourth-order valence-corrected chi connectivity index (χ4v) is 2.99. The molecule has 1 fully saturated rings. The van der Waals surface area contributed by atoms with Crippen molar-refractivity contribution >= 4 is 35.8 Å². The van der Waals surface area contributed by atoms with Crippen LogP contribution in [0.5, 0.6) is 0 Å². The van der Waals surface area contributed by atoms with Crippen LogP contribution in [0, 0.1) is 0 Å². The first-order chi connectivity index (χ1) is 13.1. The summed E-state index contributed by atoms with van der Waals surface area (Å²) in [4.78, 5) is 19.0. The number of amides is 1. The van der Waals surface area contributed by atoms with Crippen LogP contribution in [0.15, 0.2) is 35.3 Å². The summed E-state index contributed by atoms with van der Waals surface area (Å²) in [7, 11) is 3.30. The van der Waals surface area contributed by atoms with Crippen LogP contribution in [0.3, 0.4) is 0 Å². The van der Waals surface area contributed by atoms with Crippen molar-refractivity contribution in [3.05, 3.63) is 35.9 Å². The van der Waals surface area contributed by atoms with E-state index >= 15 is 0 Å². The van der Waals surface area contributed by atoms with Crippen molar-refractivity contribution in [2.75, 3.05) is 40.3 Å². The fraction of sp³-hybridized carbons (Fsp3) is 0.579. The van der Waals surface area contributed by atoms with Crippen LogP contribution in [0.2, 0.25) is 0 Å². The zero-order valence-electron chi connectivity index (χ0n) is 16.9. The van der Waals surface area contributed by atoms with E-state index in [4.69, 9.17) is 0 Å². The Balaban J connectivity index is 0.00000420. The molecular formula is C19H29F3IN5O. The Hall–Kier alpha value is -1.56. The van der Waals surface area contributed by atoms with E-state index in [0.717, 1.165) is 5.56 Å². The van der Waals surface area contributed by atoms with Crippen molar-refractivity contribution in [1.82, 2.24) is 20.4 Å². The summed E-state index contributed by atoms with van der Waals surface area (Å²) in [5.41, 5.74) is 1.04. The smallest absolute Gasteiger partial charge is 0.352 e. The number of carbonyl (C=O) groups is 1. The molecule has 2 atom stereocenters. The molecule has 0 aliphatic carbocycles. The zero-order valence-corrected chi connectivity index (χ0v) is 19.2. The summed E-state index contributed by atoms with van der Waals surface area (Å²) >= 11 is 0. The van der Waals surface area contributed by atoms with Crippen molar-refractivity contribution in [1.29, 1.82) is 0 Å². The van der Waals surface area contributed by atoms with Gasteiger partial charge >= 0.3 is 6.18 Å². The van der Waals surface area contributed by atoms with Crippen LogP contribution >= 0.6 is 24.0 Å². The first-order valence-electron chi connectivity index (χ1n) is 9.26. The molecule has 0 aromatic heterocycles. The van der Waals surface area contributed by atoms with E-state index in [1.54, 1.807) is 14.1 Å². The van der Waals surface area contributed by atoms with Crippen molar-refractivity contribution in [3.8, 4) is 0 Å². The van der Waals surface area contributed by atoms with Gasteiger partial charge in [0.25, 0.3) is 0 Å². The van der Waals surface area contributed by atoms with Gasteiger partial charge in [-0.05, 0) is 18.9 Å². The predicted molar refractivity (Wildman–Crippen MR) is 118 cm³/mol. The molecule has 1 aliphatic heterocycles. The molecule has 1 aromatic carbocycles. The molecule has 1 amide bonds. The lowest BCUT2D eigenvalue weighted by molar-refractivity contribution is -0.143. The molecule has 0 radical (unpaired) electrons. The second-order valence-electron chi connectivity index (χ2n) is 7.21. The number of likely N-dealkylation sites (N-methyl/N-ethyl adjacent to an activating group) is 1. The number of carbonyl (C=O) groups excluding carboxylic acids is 1. The molecule has 0 spiro atoms. The molecule has 1 aliphatic rings. The van der Waals surface area contributed by atoms with Gasteiger partial charge in [-0.25, -0.2) is 4.99 Å². The molecular weight excluding hydrogens is 498 g/mol. The second-order valence-corrected chi connectivity index (χ2v) is 7.21. The first-order valence-corrected chi connectivity index (χ1v) is 9.26. The lowest BCUT2D eigenvalue weighted by Gasteiger charge is -2.23. The van der Waals surface area contributed by atoms with Gasteiger partial charge < -0.3 is 15.5 Å². The predicted octanol–water partition coefficient (Wildman–Crippen LogP) is 2.63. The SMILES string of the molecule is CC(NC(=NCC(=O)N(C)C)NC1CCN(CC(F)(F)F)C1)c1ccccc1.I. The maximum absolute atomic E-state index is 12.6. The Morgan fingerprint density at radius 3 is 2.55 bits per heavy atom. The van der Waals surface area contributed by atoms with Crippen LogP contribution in [0.25, 0.3) is 0 Å². The summed E-state index contributed by atoms with van der Waals surface area (Å²) in [6.07, 6.45) is -3.62. The van der Waals surface area contributed by atoms with Gasteiger partial charge in [0.2, 0.25) is 5.91 Å². The molecule has 1 aromatic rings. The van der Waals surface area contributed by atoms with E-state index in [1.807, 2.05) is 37.3 Å². The number of rotatable bonds is 6. The van der Waals surface area contributed by atoms with E-state index in [-0.39, 0.29) is 55.1 Å². The normalized spacial score (nSPS) is 18.7. The lowest BCUT2D eigenvalue weighted by Crippen LogP contribution is -2.46. The number of benzene rings is 1. The highest BCUT2D eigenvalue weighted by Gasteiger charge is 2.34. The standard InChI is InChI=1S/C19H28F3N5O.HI/c1-14(15-7-5-4-6-8-15)24-18(23-11-17(28)26(2)3)25-16-9-10-27(12-16)13-19(20,21)22;/h4-8,14,16H,9-13H2,1-3H3,(H2,23,24,25);1H. The van der Waals surface area contributed by atoms with Gasteiger partial charge in [-0.3, -0.25) is 9.69 Å². The van der Waals surface area contributed by atoms with Crippen molar-refractivity contribution in [2.45, 2.75) is 31.6 Å². The average Bonchev–Trinajstić information content (AvgIpc) is 3.04. The molecule has 0 saturated carbocycles. The van der Waals surface area contributed by atoms with Crippen LogP contribution in [-0.4, -0.2) is 74.2 Å². The van der Waals surface area contributed by atoms with Gasteiger partial charge in [0.15, 0.2) is 5.96 Å². The largest absolute Gasteiger partial charge is 0.401 e. The third-order valence-corrected chi connectivity index (χ3v) is 4.54. The summed E-state index contributed by atoms with van der Waals surface area (Å²) in [6, 6.07) is 9.49. The number of nitrogens with zero attached hydrogens (tertiary/aromatic N) is 3. The molecule has 1 heterocycles. The van der Waals surface area contributed by atoms with E-state index < -0.39 is 12.7 Å². The summed E-state index contributed by atoms with van der Waals surface area (Å²) in [6.45, 7) is 1.66. The van der Waals surface area contributed by atoms with Crippen LogP contribution < -0.4 is 10.6 Å². The first kappa shape index (κ1) is 25.5. The minimum absolute atomic E-state index is 0. The molecule has 2 unspecified atom stereocenters. The average molecular weight is 527 g/mol. The molecule has 29 heavy (non-hydrogen) atoms. The maximum atomic E-state index is 12.6. The molecule has 2 N–H and O–H groups in total. The third-order valence-electron chi connectivity index (χ3n) is 4.54. The van der Waals surface area contributed by atoms with Crippen LogP contribution in [0.1, 0.15) is 24.9 Å². The molecule has 1 saturated heterocycles. The molecule has 164 valence electrons. The van der Waals surface area contributed by atoms with E-state index in [2.05, 4.69) is 15.6 Å². The van der Waals surface area contributed by atoms with Crippen molar-refractivity contribution < 1.29 is 18.0 Å². The Labute approximate surface area is 186 Å². The Morgan fingerprint density at radius 1 is 1.31 bits per heavy atom. The molecule has 6 nitrogen and oxygen atoms in total. The topological polar surface area (TPSA) is 60.0 Å². The van der Waals surface area contributed by atoms with Crippen LogP contribution in [-0.2, 0) is 4.79 Å². The Kier molecular flexibility index (Phi) is 10.2. The highest BCUT2D eigenvalue weighted by Crippen LogP contribution is 2.20.